The van der Waals surface area contributed by atoms with E-state index in [2.05, 4.69) is 17.4 Å². The molecular formula is C28H35N3O3. The first kappa shape index (κ1) is 22.8. The summed E-state index contributed by atoms with van der Waals surface area (Å²) in [7, 11) is 0. The maximum Gasteiger partial charge on any atom is 0.271 e. The predicted octanol–water partition coefficient (Wildman–Crippen LogP) is 5.31. The zero-order valence-corrected chi connectivity index (χ0v) is 20.1. The van der Waals surface area contributed by atoms with E-state index in [-0.39, 0.29) is 17.9 Å². The van der Waals surface area contributed by atoms with E-state index < -0.39 is 5.54 Å². The number of hydrogen-bond donors (Lipinski definition) is 1. The standard InChI is InChI=1S/C28H35N3O3/c1-28(27(33)29-22-14-8-3-2-4-9-15-22)20-30-23-16-18-34-25(23)19-24(30)26(32)31(28)17-10-13-21-11-6-5-7-12-21/h5-7,11-12,16,18-19,22H,2-4,8-10,13-15,17,20H2,1H3,(H,29,33)/t28-/m0/s1. The van der Waals surface area contributed by atoms with Crippen molar-refractivity contribution in [1.29, 1.82) is 0 Å². The third-order valence-corrected chi connectivity index (χ3v) is 7.67. The highest BCUT2D eigenvalue weighted by Gasteiger charge is 2.48. The summed E-state index contributed by atoms with van der Waals surface area (Å²) < 4.78 is 7.54. The zero-order valence-electron chi connectivity index (χ0n) is 20.1. The van der Waals surface area contributed by atoms with Gasteiger partial charge in [0.05, 0.1) is 18.3 Å². The van der Waals surface area contributed by atoms with E-state index in [9.17, 15) is 9.59 Å². The van der Waals surface area contributed by atoms with Crippen molar-refractivity contribution in [2.75, 3.05) is 6.54 Å². The molecule has 1 aliphatic heterocycles. The van der Waals surface area contributed by atoms with Crippen LogP contribution >= 0.6 is 0 Å². The Labute approximate surface area is 201 Å². The summed E-state index contributed by atoms with van der Waals surface area (Å²) in [6.07, 6.45) is 11.4. The molecule has 1 N–H and O–H groups in total. The fourth-order valence-electron chi connectivity index (χ4n) is 5.65. The van der Waals surface area contributed by atoms with Crippen molar-refractivity contribution < 1.29 is 14.0 Å². The average Bonchev–Trinajstić information content (AvgIpc) is 3.41. The molecule has 1 fully saturated rings. The quantitative estimate of drug-likeness (QED) is 0.541. The van der Waals surface area contributed by atoms with Gasteiger partial charge < -0.3 is 19.2 Å². The lowest BCUT2D eigenvalue weighted by molar-refractivity contribution is -0.133. The van der Waals surface area contributed by atoms with Gasteiger partial charge in [-0.3, -0.25) is 9.59 Å². The summed E-state index contributed by atoms with van der Waals surface area (Å²) in [6, 6.07) is 14.2. The number of nitrogens with zero attached hydrogens (tertiary/aromatic N) is 2. The first-order valence-corrected chi connectivity index (χ1v) is 12.8. The maximum absolute atomic E-state index is 13.8. The molecule has 2 aromatic heterocycles. The number of nitrogens with one attached hydrogen (secondary N) is 1. The second-order valence-electron chi connectivity index (χ2n) is 10.1. The predicted molar refractivity (Wildman–Crippen MR) is 133 cm³/mol. The highest BCUT2D eigenvalue weighted by Crippen LogP contribution is 2.33. The largest absolute Gasteiger partial charge is 0.463 e. The van der Waals surface area contributed by atoms with Gasteiger partial charge in [-0.15, -0.1) is 0 Å². The molecule has 0 bridgehead atoms. The Hall–Kier alpha value is -3.02. The molecule has 0 spiro atoms. The number of aryl methyl sites for hydroxylation is 1. The van der Waals surface area contributed by atoms with Gasteiger partial charge in [0.1, 0.15) is 11.2 Å². The molecule has 1 aliphatic carbocycles. The zero-order chi connectivity index (χ0) is 23.5. The number of carbonyl (C=O) groups is 2. The van der Waals surface area contributed by atoms with Crippen LogP contribution in [0.15, 0.2) is 53.1 Å². The third kappa shape index (κ3) is 4.38. The first-order valence-electron chi connectivity index (χ1n) is 12.8. The second kappa shape index (κ2) is 9.69. The Morgan fingerprint density at radius 3 is 2.59 bits per heavy atom. The van der Waals surface area contributed by atoms with Crippen LogP contribution in [0.2, 0.25) is 0 Å². The lowest BCUT2D eigenvalue weighted by Crippen LogP contribution is -2.65. The molecule has 34 heavy (non-hydrogen) atoms. The van der Waals surface area contributed by atoms with Crippen molar-refractivity contribution in [2.45, 2.75) is 82.8 Å². The van der Waals surface area contributed by atoms with E-state index in [1.165, 1.54) is 24.8 Å². The van der Waals surface area contributed by atoms with Crippen molar-refractivity contribution >= 4 is 22.9 Å². The summed E-state index contributed by atoms with van der Waals surface area (Å²) in [6.45, 7) is 2.90. The Morgan fingerprint density at radius 2 is 1.82 bits per heavy atom. The van der Waals surface area contributed by atoms with Crippen LogP contribution in [0.25, 0.3) is 11.1 Å². The summed E-state index contributed by atoms with van der Waals surface area (Å²) in [5, 5.41) is 3.35. The molecular weight excluding hydrogens is 426 g/mol. The van der Waals surface area contributed by atoms with Gasteiger partial charge in [0.15, 0.2) is 5.58 Å². The number of fused-ring (bicyclic) bond motifs is 3. The Kier molecular flexibility index (Phi) is 6.48. The highest BCUT2D eigenvalue weighted by atomic mass is 16.3. The van der Waals surface area contributed by atoms with E-state index in [1.807, 2.05) is 46.7 Å². The normalized spacial score (nSPS) is 21.8. The molecule has 2 amide bonds. The van der Waals surface area contributed by atoms with Crippen LogP contribution in [0, 0.1) is 0 Å². The molecule has 5 rings (SSSR count). The monoisotopic (exact) mass is 461 g/mol. The molecule has 1 atom stereocenters. The molecule has 2 aliphatic rings. The van der Waals surface area contributed by atoms with Crippen LogP contribution in [-0.4, -0.2) is 39.4 Å². The van der Waals surface area contributed by atoms with Crippen molar-refractivity contribution in [2.24, 2.45) is 0 Å². The molecule has 1 aromatic carbocycles. The summed E-state index contributed by atoms with van der Waals surface area (Å²) in [5.74, 6) is -0.136. The molecule has 1 saturated carbocycles. The van der Waals surface area contributed by atoms with Crippen molar-refractivity contribution in [3.05, 3.63) is 60.0 Å². The fraction of sp³-hybridized carbons (Fsp3) is 0.500. The molecule has 3 aromatic rings. The fourth-order valence-corrected chi connectivity index (χ4v) is 5.65. The number of carbonyl (C=O) groups excluding carboxylic acids is 2. The molecule has 0 saturated heterocycles. The number of hydrogen-bond acceptors (Lipinski definition) is 3. The average molecular weight is 462 g/mol. The van der Waals surface area contributed by atoms with E-state index in [0.717, 1.165) is 44.0 Å². The van der Waals surface area contributed by atoms with Crippen LogP contribution in [0.4, 0.5) is 0 Å². The van der Waals surface area contributed by atoms with Crippen molar-refractivity contribution in [1.82, 2.24) is 14.8 Å². The number of rotatable bonds is 6. The van der Waals surface area contributed by atoms with Gasteiger partial charge in [-0.1, -0.05) is 62.4 Å². The Morgan fingerprint density at radius 1 is 1.09 bits per heavy atom. The molecule has 0 unspecified atom stereocenters. The SMILES string of the molecule is C[C@@]1(C(=O)NC2CCCCCCC2)Cn2c(cc3occc32)C(=O)N1CCCc1ccccc1. The smallest absolute Gasteiger partial charge is 0.271 e. The van der Waals surface area contributed by atoms with E-state index in [4.69, 9.17) is 4.42 Å². The van der Waals surface area contributed by atoms with Crippen LogP contribution < -0.4 is 5.32 Å². The van der Waals surface area contributed by atoms with Crippen LogP contribution in [0.1, 0.15) is 74.3 Å². The Bertz CT molecular complexity index is 1140. The van der Waals surface area contributed by atoms with Crippen LogP contribution in [0.5, 0.6) is 0 Å². The van der Waals surface area contributed by atoms with Gasteiger partial charge in [0, 0.05) is 24.7 Å². The van der Waals surface area contributed by atoms with Crippen molar-refractivity contribution in [3.8, 4) is 0 Å². The third-order valence-electron chi connectivity index (χ3n) is 7.67. The van der Waals surface area contributed by atoms with Gasteiger partial charge in [-0.25, -0.2) is 0 Å². The van der Waals surface area contributed by atoms with Crippen LogP contribution in [-0.2, 0) is 17.8 Å². The number of amides is 2. The summed E-state index contributed by atoms with van der Waals surface area (Å²) >= 11 is 0. The molecule has 6 nitrogen and oxygen atoms in total. The second-order valence-corrected chi connectivity index (χ2v) is 10.1. The van der Waals surface area contributed by atoms with Gasteiger partial charge in [0.25, 0.3) is 5.91 Å². The van der Waals surface area contributed by atoms with Gasteiger partial charge in [0.2, 0.25) is 5.91 Å². The topological polar surface area (TPSA) is 67.5 Å². The summed E-state index contributed by atoms with van der Waals surface area (Å²) in [5.41, 5.74) is 2.46. The highest BCUT2D eigenvalue weighted by molar-refractivity contribution is 6.02. The lowest BCUT2D eigenvalue weighted by atomic mass is 9.91. The molecule has 6 heteroatoms. The van der Waals surface area contributed by atoms with Gasteiger partial charge in [-0.2, -0.15) is 0 Å². The number of furan rings is 1. The lowest BCUT2D eigenvalue weighted by Gasteiger charge is -2.44. The molecule has 0 radical (unpaired) electrons. The van der Waals surface area contributed by atoms with E-state index in [1.54, 1.807) is 6.26 Å². The minimum Gasteiger partial charge on any atom is -0.463 e. The van der Waals surface area contributed by atoms with E-state index in [0.29, 0.717) is 24.4 Å². The number of aromatic nitrogens is 1. The van der Waals surface area contributed by atoms with Gasteiger partial charge in [-0.05, 0) is 38.2 Å². The van der Waals surface area contributed by atoms with Gasteiger partial charge >= 0.3 is 0 Å². The first-order chi connectivity index (χ1) is 16.6. The van der Waals surface area contributed by atoms with Crippen LogP contribution in [0.3, 0.4) is 0 Å². The minimum absolute atomic E-state index is 0.0397. The minimum atomic E-state index is -0.952. The number of benzene rings is 1. The molecule has 180 valence electrons. The Balaban J connectivity index is 1.40. The molecule has 3 heterocycles. The maximum atomic E-state index is 13.8. The van der Waals surface area contributed by atoms with Crippen molar-refractivity contribution in [3.63, 3.8) is 0 Å². The summed E-state index contributed by atoms with van der Waals surface area (Å²) in [4.78, 5) is 29.4. The van der Waals surface area contributed by atoms with E-state index >= 15 is 0 Å².